The second kappa shape index (κ2) is 9.91. The van der Waals surface area contributed by atoms with E-state index in [0.29, 0.717) is 25.4 Å². The van der Waals surface area contributed by atoms with Crippen LogP contribution in [0.3, 0.4) is 0 Å². The summed E-state index contributed by atoms with van der Waals surface area (Å²) in [5.74, 6) is -0.416. The highest BCUT2D eigenvalue weighted by Crippen LogP contribution is 2.11. The van der Waals surface area contributed by atoms with Crippen molar-refractivity contribution in [2.75, 3.05) is 26.4 Å². The Hall–Kier alpha value is -0.953. The van der Waals surface area contributed by atoms with Crippen LogP contribution in [0.4, 0.5) is 0 Å². The highest BCUT2D eigenvalue weighted by Gasteiger charge is 2.37. The van der Waals surface area contributed by atoms with Crippen molar-refractivity contribution < 1.29 is 22.8 Å². The number of rotatable bonds is 10. The average molecular weight is 288 g/mol. The predicted molar refractivity (Wildman–Crippen MR) is 75.5 cm³/mol. The molecule has 0 heterocycles. The molecule has 0 aromatic rings. The van der Waals surface area contributed by atoms with Crippen molar-refractivity contribution in [1.29, 1.82) is 0 Å². The summed E-state index contributed by atoms with van der Waals surface area (Å²) in [4.78, 5) is 11.2. The van der Waals surface area contributed by atoms with Crippen LogP contribution in [0.2, 0.25) is 0 Å². The topological polar surface area (TPSA) is 54.0 Å². The van der Waals surface area contributed by atoms with Crippen LogP contribution in [0.1, 0.15) is 27.7 Å². The highest BCUT2D eigenvalue weighted by molar-refractivity contribution is 6.66. The first-order chi connectivity index (χ1) is 9.01. The summed E-state index contributed by atoms with van der Waals surface area (Å²) in [6.45, 7) is 12.4. The Kier molecular flexibility index (Phi) is 9.41. The van der Waals surface area contributed by atoms with Crippen LogP contribution in [0, 0.1) is 0 Å². The first-order valence-electron chi connectivity index (χ1n) is 6.43. The molecule has 5 nitrogen and oxygen atoms in total. The van der Waals surface area contributed by atoms with E-state index >= 15 is 0 Å². The molecule has 0 rings (SSSR count). The lowest BCUT2D eigenvalue weighted by atomic mass is 10.4. The van der Waals surface area contributed by atoms with Crippen LogP contribution in [0.15, 0.2) is 23.9 Å². The molecule has 0 bridgehead atoms. The van der Waals surface area contributed by atoms with Gasteiger partial charge in [-0.2, -0.15) is 0 Å². The summed E-state index contributed by atoms with van der Waals surface area (Å²) in [6, 6.07) is 0. The lowest BCUT2D eigenvalue weighted by molar-refractivity contribution is -0.137. The van der Waals surface area contributed by atoms with Crippen LogP contribution < -0.4 is 0 Å². The number of hydrogen-bond acceptors (Lipinski definition) is 5. The van der Waals surface area contributed by atoms with E-state index in [1.54, 1.807) is 18.7 Å². The quantitative estimate of drug-likeness (QED) is 0.350. The third kappa shape index (κ3) is 7.27. The standard InChI is InChI=1S/C13H24O5Si/c1-6-16-19(17-7-2,18-8-3)11-9-10-15-13(14)12(4)5/h9,11H,4,6-8,10H2,1-3,5H3/b11-9+. The molecule has 0 N–H and O–H groups in total. The van der Waals surface area contributed by atoms with Crippen molar-refractivity contribution in [3.05, 3.63) is 23.9 Å². The summed E-state index contributed by atoms with van der Waals surface area (Å²) in [5, 5.41) is 0. The Labute approximate surface area is 116 Å². The molecule has 0 radical (unpaired) electrons. The molecule has 0 saturated heterocycles. The van der Waals surface area contributed by atoms with Gasteiger partial charge in [0, 0.05) is 25.4 Å². The maximum atomic E-state index is 11.2. The summed E-state index contributed by atoms with van der Waals surface area (Å²) in [7, 11) is -2.79. The fourth-order valence-corrected chi connectivity index (χ4v) is 3.44. The molecule has 0 atom stereocenters. The lowest BCUT2D eigenvalue weighted by Gasteiger charge is -2.25. The maximum absolute atomic E-state index is 11.2. The Morgan fingerprint density at radius 1 is 1.11 bits per heavy atom. The molecule has 0 fully saturated rings. The van der Waals surface area contributed by atoms with Crippen molar-refractivity contribution >= 4 is 14.8 Å². The molecule has 0 aromatic heterocycles. The van der Waals surface area contributed by atoms with Crippen LogP contribution in [-0.2, 0) is 22.8 Å². The molecule has 0 aliphatic rings. The molecule has 0 aliphatic carbocycles. The zero-order valence-electron chi connectivity index (χ0n) is 12.2. The summed E-state index contributed by atoms with van der Waals surface area (Å²) in [5.41, 5.74) is 2.12. The Morgan fingerprint density at radius 3 is 1.95 bits per heavy atom. The average Bonchev–Trinajstić information content (AvgIpc) is 2.35. The molecule has 19 heavy (non-hydrogen) atoms. The smallest absolute Gasteiger partial charge is 0.458 e. The maximum Gasteiger partial charge on any atom is 0.529 e. The first-order valence-corrected chi connectivity index (χ1v) is 8.23. The second-order valence-electron chi connectivity index (χ2n) is 3.68. The van der Waals surface area contributed by atoms with Crippen LogP contribution in [0.25, 0.3) is 0 Å². The lowest BCUT2D eigenvalue weighted by Crippen LogP contribution is -2.44. The molecule has 0 amide bonds. The van der Waals surface area contributed by atoms with Gasteiger partial charge in [-0.3, -0.25) is 0 Å². The van der Waals surface area contributed by atoms with Crippen LogP contribution in [-0.4, -0.2) is 41.2 Å². The SMILES string of the molecule is C=C(C)C(=O)OC/C=C/[Si](OCC)(OCC)OCC. The van der Waals surface area contributed by atoms with Crippen molar-refractivity contribution in [3.63, 3.8) is 0 Å². The molecular weight excluding hydrogens is 264 g/mol. The number of carbonyl (C=O) groups is 1. The predicted octanol–water partition coefficient (Wildman–Crippen LogP) is 2.25. The van der Waals surface area contributed by atoms with Crippen molar-refractivity contribution in [1.82, 2.24) is 0 Å². The third-order valence-corrected chi connectivity index (χ3v) is 4.73. The van der Waals surface area contributed by atoms with Gasteiger partial charge in [-0.25, -0.2) is 4.79 Å². The van der Waals surface area contributed by atoms with Crippen LogP contribution >= 0.6 is 0 Å². The zero-order valence-corrected chi connectivity index (χ0v) is 13.2. The molecule has 0 unspecified atom stereocenters. The molecule has 110 valence electrons. The summed E-state index contributed by atoms with van der Waals surface area (Å²) >= 11 is 0. The van der Waals surface area contributed by atoms with E-state index in [9.17, 15) is 4.79 Å². The van der Waals surface area contributed by atoms with Gasteiger partial charge in [0.25, 0.3) is 0 Å². The van der Waals surface area contributed by atoms with Gasteiger partial charge in [-0.1, -0.05) is 6.58 Å². The molecule has 0 spiro atoms. The molecule has 0 saturated carbocycles. The van der Waals surface area contributed by atoms with Gasteiger partial charge in [-0.05, 0) is 39.5 Å². The molecule has 0 aromatic carbocycles. The minimum atomic E-state index is -2.79. The third-order valence-electron chi connectivity index (χ3n) is 2.02. The van der Waals surface area contributed by atoms with Gasteiger partial charge in [0.05, 0.1) is 0 Å². The van der Waals surface area contributed by atoms with Crippen LogP contribution in [0.5, 0.6) is 0 Å². The fraction of sp³-hybridized carbons (Fsp3) is 0.615. The summed E-state index contributed by atoms with van der Waals surface area (Å²) in [6.07, 6.45) is 1.69. The number of ether oxygens (including phenoxy) is 1. The van der Waals surface area contributed by atoms with E-state index in [0.717, 1.165) is 0 Å². The van der Waals surface area contributed by atoms with E-state index in [4.69, 9.17) is 18.0 Å². The van der Waals surface area contributed by atoms with E-state index < -0.39 is 14.8 Å². The van der Waals surface area contributed by atoms with Gasteiger partial charge < -0.3 is 18.0 Å². The molecule has 6 heteroatoms. The van der Waals surface area contributed by atoms with Gasteiger partial charge >= 0.3 is 14.8 Å². The van der Waals surface area contributed by atoms with Crippen molar-refractivity contribution in [2.24, 2.45) is 0 Å². The van der Waals surface area contributed by atoms with Gasteiger partial charge in [-0.15, -0.1) is 0 Å². The minimum absolute atomic E-state index is 0.146. The van der Waals surface area contributed by atoms with E-state index in [1.807, 2.05) is 20.8 Å². The van der Waals surface area contributed by atoms with Crippen molar-refractivity contribution in [2.45, 2.75) is 27.7 Å². The van der Waals surface area contributed by atoms with E-state index in [-0.39, 0.29) is 6.61 Å². The monoisotopic (exact) mass is 288 g/mol. The van der Waals surface area contributed by atoms with E-state index in [2.05, 4.69) is 6.58 Å². The number of carbonyl (C=O) groups excluding carboxylic acids is 1. The normalized spacial score (nSPS) is 11.8. The van der Waals surface area contributed by atoms with Gasteiger partial charge in [0.2, 0.25) is 0 Å². The Morgan fingerprint density at radius 2 is 1.58 bits per heavy atom. The number of hydrogen-bond donors (Lipinski definition) is 0. The van der Waals surface area contributed by atoms with Gasteiger partial charge in [0.1, 0.15) is 6.61 Å². The fourth-order valence-electron chi connectivity index (χ4n) is 1.31. The minimum Gasteiger partial charge on any atom is -0.458 e. The highest BCUT2D eigenvalue weighted by atomic mass is 28.4. The Balaban J connectivity index is 4.52. The first kappa shape index (κ1) is 18.0. The second-order valence-corrected chi connectivity index (χ2v) is 6.09. The molecular formula is C13H24O5Si. The van der Waals surface area contributed by atoms with Gasteiger partial charge in [0.15, 0.2) is 0 Å². The zero-order chi connectivity index (χ0) is 14.7. The molecule has 0 aliphatic heterocycles. The van der Waals surface area contributed by atoms with E-state index in [1.165, 1.54) is 0 Å². The summed E-state index contributed by atoms with van der Waals surface area (Å²) < 4.78 is 21.8. The van der Waals surface area contributed by atoms with Crippen molar-refractivity contribution in [3.8, 4) is 0 Å². The number of esters is 1. The Bertz CT molecular complexity index is 297. The largest absolute Gasteiger partial charge is 0.529 e.